The van der Waals surface area contributed by atoms with Gasteiger partial charge < -0.3 is 10.1 Å². The van der Waals surface area contributed by atoms with Crippen LogP contribution in [0.15, 0.2) is 71.8 Å². The zero-order valence-electron chi connectivity index (χ0n) is 18.2. The third-order valence-corrected chi connectivity index (χ3v) is 6.89. The minimum atomic E-state index is -0.941. The first kappa shape index (κ1) is 24.4. The first-order chi connectivity index (χ1) is 16.8. The maximum Gasteiger partial charge on any atom is 0.355 e. The van der Waals surface area contributed by atoms with Gasteiger partial charge in [-0.15, -0.1) is 11.3 Å². The molecule has 0 aliphatic rings. The molecule has 0 bridgehead atoms. The molecule has 3 aromatic carbocycles. The Hall–Kier alpha value is -3.72. The normalized spacial score (nSPS) is 10.9. The van der Waals surface area contributed by atoms with Crippen LogP contribution in [0.25, 0.3) is 10.1 Å². The SMILES string of the molecule is Cc1ccc(NC(=O)C(=O)N/N=C\c2ccc(OC(=O)c3sc4ccccc4c3Cl)cc2)cc1Cl. The highest BCUT2D eigenvalue weighted by atomic mass is 35.5. The summed E-state index contributed by atoms with van der Waals surface area (Å²) in [6.07, 6.45) is 1.35. The van der Waals surface area contributed by atoms with Gasteiger partial charge in [0.2, 0.25) is 0 Å². The number of hydrogen-bond donors (Lipinski definition) is 2. The molecule has 7 nitrogen and oxygen atoms in total. The molecule has 2 amide bonds. The molecule has 0 radical (unpaired) electrons. The van der Waals surface area contributed by atoms with Crippen molar-refractivity contribution >= 4 is 74.3 Å². The summed E-state index contributed by atoms with van der Waals surface area (Å²) in [6.45, 7) is 1.83. The lowest BCUT2D eigenvalue weighted by atomic mass is 10.2. The summed E-state index contributed by atoms with van der Waals surface area (Å²) in [7, 11) is 0. The van der Waals surface area contributed by atoms with Gasteiger partial charge in [0.05, 0.1) is 11.2 Å². The Labute approximate surface area is 214 Å². The second kappa shape index (κ2) is 10.7. The Morgan fingerprint density at radius 1 is 0.971 bits per heavy atom. The van der Waals surface area contributed by atoms with Crippen molar-refractivity contribution in [2.45, 2.75) is 6.92 Å². The number of ether oxygens (including phenoxy) is 1. The van der Waals surface area contributed by atoms with Crippen LogP contribution in [0.5, 0.6) is 5.75 Å². The zero-order chi connectivity index (χ0) is 24.9. The minimum absolute atomic E-state index is 0.320. The van der Waals surface area contributed by atoms with E-state index in [-0.39, 0.29) is 0 Å². The summed E-state index contributed by atoms with van der Waals surface area (Å²) in [5, 5.41) is 7.86. The number of esters is 1. The average molecular weight is 526 g/mol. The van der Waals surface area contributed by atoms with Crippen LogP contribution in [0.1, 0.15) is 20.8 Å². The maximum atomic E-state index is 12.6. The topological polar surface area (TPSA) is 96.9 Å². The quantitative estimate of drug-likeness (QED) is 0.113. The number of carbonyl (C=O) groups is 3. The number of fused-ring (bicyclic) bond motifs is 1. The lowest BCUT2D eigenvalue weighted by Gasteiger charge is -2.06. The van der Waals surface area contributed by atoms with Crippen LogP contribution in [-0.2, 0) is 9.59 Å². The van der Waals surface area contributed by atoms with E-state index < -0.39 is 17.8 Å². The van der Waals surface area contributed by atoms with Crippen molar-refractivity contribution < 1.29 is 19.1 Å². The van der Waals surface area contributed by atoms with Crippen molar-refractivity contribution in [3.8, 4) is 5.75 Å². The first-order valence-electron chi connectivity index (χ1n) is 10.2. The van der Waals surface area contributed by atoms with Gasteiger partial charge in [-0.05, 0) is 60.5 Å². The second-order valence-electron chi connectivity index (χ2n) is 7.32. The summed E-state index contributed by atoms with van der Waals surface area (Å²) in [6, 6.07) is 18.8. The molecular formula is C25H17Cl2N3O4S. The Kier molecular flexibility index (Phi) is 7.45. The van der Waals surface area contributed by atoms with Gasteiger partial charge in [0.15, 0.2) is 0 Å². The molecule has 10 heteroatoms. The summed E-state index contributed by atoms with van der Waals surface area (Å²) >= 11 is 13.6. The van der Waals surface area contributed by atoms with E-state index in [1.165, 1.54) is 17.6 Å². The average Bonchev–Trinajstić information content (AvgIpc) is 3.19. The maximum absolute atomic E-state index is 12.6. The molecule has 0 atom stereocenters. The Morgan fingerprint density at radius 3 is 2.43 bits per heavy atom. The lowest BCUT2D eigenvalue weighted by molar-refractivity contribution is -0.136. The predicted octanol–water partition coefficient (Wildman–Crippen LogP) is 5.82. The van der Waals surface area contributed by atoms with E-state index >= 15 is 0 Å². The molecule has 0 saturated carbocycles. The van der Waals surface area contributed by atoms with Crippen LogP contribution in [0.4, 0.5) is 5.69 Å². The number of hydrazone groups is 1. The fourth-order valence-corrected chi connectivity index (χ4v) is 4.56. The van der Waals surface area contributed by atoms with Gasteiger partial charge in [-0.25, -0.2) is 10.2 Å². The van der Waals surface area contributed by atoms with E-state index in [1.807, 2.05) is 31.2 Å². The predicted molar refractivity (Wildman–Crippen MR) is 139 cm³/mol. The van der Waals surface area contributed by atoms with E-state index in [9.17, 15) is 14.4 Å². The summed E-state index contributed by atoms with van der Waals surface area (Å²) in [4.78, 5) is 36.8. The second-order valence-corrected chi connectivity index (χ2v) is 9.15. The molecule has 0 unspecified atom stereocenters. The summed E-state index contributed by atoms with van der Waals surface area (Å²) < 4.78 is 6.32. The van der Waals surface area contributed by atoms with Gasteiger partial charge in [-0.3, -0.25) is 9.59 Å². The van der Waals surface area contributed by atoms with Crippen LogP contribution in [0, 0.1) is 6.92 Å². The number of halogens is 2. The third-order valence-electron chi connectivity index (χ3n) is 4.83. The van der Waals surface area contributed by atoms with E-state index in [0.29, 0.717) is 31.9 Å². The largest absolute Gasteiger partial charge is 0.422 e. The number of nitrogens with zero attached hydrogens (tertiary/aromatic N) is 1. The first-order valence-corrected chi connectivity index (χ1v) is 11.8. The number of aryl methyl sites for hydroxylation is 1. The molecule has 176 valence electrons. The van der Waals surface area contributed by atoms with Crippen LogP contribution in [0.2, 0.25) is 10.0 Å². The van der Waals surface area contributed by atoms with Crippen molar-refractivity contribution in [2.24, 2.45) is 5.10 Å². The monoisotopic (exact) mass is 525 g/mol. The number of nitrogens with one attached hydrogen (secondary N) is 2. The number of carbonyl (C=O) groups excluding carboxylic acids is 3. The fraction of sp³-hybridized carbons (Fsp3) is 0.0400. The van der Waals surface area contributed by atoms with E-state index in [0.717, 1.165) is 15.6 Å². The third kappa shape index (κ3) is 5.86. The van der Waals surface area contributed by atoms with Crippen LogP contribution in [-0.4, -0.2) is 24.0 Å². The standard InChI is InChI=1S/C25H17Cl2N3O4S/c1-14-6-9-16(12-19(14)26)29-23(31)24(32)30-28-13-15-7-10-17(11-8-15)34-25(33)22-21(27)18-4-2-3-5-20(18)35-22/h2-13H,1H3,(H,29,31)(H,30,32)/b28-13-. The van der Waals surface area contributed by atoms with Crippen molar-refractivity contribution in [3.63, 3.8) is 0 Å². The lowest BCUT2D eigenvalue weighted by Crippen LogP contribution is -2.32. The van der Waals surface area contributed by atoms with E-state index in [2.05, 4.69) is 15.8 Å². The Balaban J connectivity index is 1.32. The van der Waals surface area contributed by atoms with Crippen molar-refractivity contribution in [1.29, 1.82) is 0 Å². The molecule has 1 aromatic heterocycles. The number of amides is 2. The number of rotatable bonds is 5. The molecular weight excluding hydrogens is 509 g/mol. The van der Waals surface area contributed by atoms with Crippen LogP contribution < -0.4 is 15.5 Å². The van der Waals surface area contributed by atoms with Crippen molar-refractivity contribution in [2.75, 3.05) is 5.32 Å². The number of thiophene rings is 1. The Morgan fingerprint density at radius 2 is 1.71 bits per heavy atom. The molecule has 1 heterocycles. The minimum Gasteiger partial charge on any atom is -0.422 e. The molecule has 0 saturated heterocycles. The molecule has 4 aromatic rings. The van der Waals surface area contributed by atoms with Crippen molar-refractivity contribution in [1.82, 2.24) is 5.43 Å². The van der Waals surface area contributed by atoms with Gasteiger partial charge in [0.1, 0.15) is 10.6 Å². The smallest absolute Gasteiger partial charge is 0.355 e. The number of benzene rings is 3. The summed E-state index contributed by atoms with van der Waals surface area (Å²) in [5.74, 6) is -2.06. The molecule has 2 N–H and O–H groups in total. The highest BCUT2D eigenvalue weighted by Gasteiger charge is 2.19. The fourth-order valence-electron chi connectivity index (χ4n) is 3.00. The molecule has 0 fully saturated rings. The van der Waals surface area contributed by atoms with E-state index in [4.69, 9.17) is 27.9 Å². The molecule has 4 rings (SSSR count). The Bertz CT molecular complexity index is 1470. The van der Waals surface area contributed by atoms with Gasteiger partial charge in [0.25, 0.3) is 0 Å². The van der Waals surface area contributed by atoms with Crippen LogP contribution in [0.3, 0.4) is 0 Å². The van der Waals surface area contributed by atoms with Gasteiger partial charge in [-0.2, -0.15) is 5.10 Å². The molecule has 0 aliphatic heterocycles. The number of hydrogen-bond acceptors (Lipinski definition) is 6. The zero-order valence-corrected chi connectivity index (χ0v) is 20.5. The van der Waals surface area contributed by atoms with Crippen LogP contribution >= 0.6 is 34.5 Å². The summed E-state index contributed by atoms with van der Waals surface area (Å²) in [5.41, 5.74) is 4.00. The highest BCUT2D eigenvalue weighted by molar-refractivity contribution is 7.21. The van der Waals surface area contributed by atoms with Gasteiger partial charge >= 0.3 is 17.8 Å². The van der Waals surface area contributed by atoms with Gasteiger partial charge in [-0.1, -0.05) is 47.5 Å². The number of anilines is 1. The highest BCUT2D eigenvalue weighted by Crippen LogP contribution is 2.35. The molecule has 0 aliphatic carbocycles. The van der Waals surface area contributed by atoms with Crippen molar-refractivity contribution in [3.05, 3.63) is 92.8 Å². The van der Waals surface area contributed by atoms with Gasteiger partial charge in [0, 0.05) is 20.8 Å². The molecule has 35 heavy (non-hydrogen) atoms. The van der Waals surface area contributed by atoms with E-state index in [1.54, 1.807) is 42.5 Å². The molecule has 0 spiro atoms.